The SMILES string of the molecule is CC(C)(CBr)C(=O)C=[N+]=[N-]. The third-order valence-electron chi connectivity index (χ3n) is 1.18. The summed E-state index contributed by atoms with van der Waals surface area (Å²) in [6.07, 6.45) is 0.918. The predicted molar refractivity (Wildman–Crippen MR) is 42.3 cm³/mol. The molecule has 0 aliphatic heterocycles. The van der Waals surface area contributed by atoms with Crippen molar-refractivity contribution in [2.45, 2.75) is 13.8 Å². The van der Waals surface area contributed by atoms with E-state index >= 15 is 0 Å². The van der Waals surface area contributed by atoms with Crippen molar-refractivity contribution < 1.29 is 9.58 Å². The smallest absolute Gasteiger partial charge is 0.323 e. The average molecular weight is 205 g/mol. The molecule has 0 aromatic carbocycles. The lowest BCUT2D eigenvalue weighted by molar-refractivity contribution is -0.122. The van der Waals surface area contributed by atoms with Crippen LogP contribution in [0, 0.1) is 5.41 Å². The van der Waals surface area contributed by atoms with Crippen LogP contribution in [-0.4, -0.2) is 22.1 Å². The largest absolute Gasteiger partial charge is 0.361 e. The first-order chi connectivity index (χ1) is 4.54. The molecular weight excluding hydrogens is 196 g/mol. The molecule has 0 N–H and O–H groups in total. The number of hydrogen-bond acceptors (Lipinski definition) is 1. The summed E-state index contributed by atoms with van der Waals surface area (Å²) in [5.41, 5.74) is 7.55. The zero-order valence-corrected chi connectivity index (χ0v) is 7.55. The quantitative estimate of drug-likeness (QED) is 0.296. The Balaban J connectivity index is 4.32. The van der Waals surface area contributed by atoms with Crippen LogP contribution >= 0.6 is 15.9 Å². The van der Waals surface area contributed by atoms with Gasteiger partial charge in [0.05, 0.1) is 0 Å². The molecule has 0 heterocycles. The number of Topliss-reactive ketones (excluding diaryl/α,β-unsaturated/α-hetero) is 1. The van der Waals surface area contributed by atoms with Gasteiger partial charge in [0.25, 0.3) is 0 Å². The average Bonchev–Trinajstić information content (AvgIpc) is 1.89. The monoisotopic (exact) mass is 204 g/mol. The van der Waals surface area contributed by atoms with E-state index in [4.69, 9.17) is 5.53 Å². The maximum Gasteiger partial charge on any atom is 0.323 e. The zero-order chi connectivity index (χ0) is 8.20. The predicted octanol–water partition coefficient (Wildman–Crippen LogP) is 1.28. The van der Waals surface area contributed by atoms with Crippen LogP contribution in [0.25, 0.3) is 5.53 Å². The fourth-order valence-corrected chi connectivity index (χ4v) is 0.569. The lowest BCUT2D eigenvalue weighted by atomic mass is 9.92. The minimum Gasteiger partial charge on any atom is -0.361 e. The first kappa shape index (κ1) is 9.53. The molecule has 3 nitrogen and oxygen atoms in total. The molecule has 56 valence electrons. The van der Waals surface area contributed by atoms with Crippen LogP contribution in [0.3, 0.4) is 0 Å². The van der Waals surface area contributed by atoms with Gasteiger partial charge in [-0.3, -0.25) is 4.79 Å². The summed E-state index contributed by atoms with van der Waals surface area (Å²) in [5, 5.41) is 0.560. The number of carbonyl (C=O) groups excluding carboxylic acids is 1. The fourth-order valence-electron chi connectivity index (χ4n) is 0.293. The minimum atomic E-state index is -0.480. The maximum atomic E-state index is 11.0. The van der Waals surface area contributed by atoms with Crippen molar-refractivity contribution in [2.24, 2.45) is 5.41 Å². The molecule has 0 unspecified atom stereocenters. The Hall–Kier alpha value is -0.470. The first-order valence-electron chi connectivity index (χ1n) is 2.82. The summed E-state index contributed by atoms with van der Waals surface area (Å²) in [5.74, 6) is -0.188. The minimum absolute atomic E-state index is 0.188. The molecule has 0 aliphatic rings. The van der Waals surface area contributed by atoms with Gasteiger partial charge in [0.2, 0.25) is 5.78 Å². The number of alkyl halides is 1. The van der Waals surface area contributed by atoms with Crippen molar-refractivity contribution in [3.8, 4) is 0 Å². The van der Waals surface area contributed by atoms with E-state index in [-0.39, 0.29) is 5.78 Å². The molecule has 0 aromatic rings. The third kappa shape index (κ3) is 2.42. The molecule has 0 amide bonds. The van der Waals surface area contributed by atoms with Crippen molar-refractivity contribution in [3.05, 3.63) is 5.53 Å². The molecule has 0 spiro atoms. The van der Waals surface area contributed by atoms with Gasteiger partial charge in [-0.25, -0.2) is 0 Å². The molecule has 10 heavy (non-hydrogen) atoms. The Labute approximate surface area is 68.2 Å². The molecule has 0 aliphatic carbocycles. The van der Waals surface area contributed by atoms with E-state index in [1.807, 2.05) is 0 Å². The van der Waals surface area contributed by atoms with Gasteiger partial charge >= 0.3 is 6.21 Å². The second-order valence-electron chi connectivity index (χ2n) is 2.63. The van der Waals surface area contributed by atoms with Gasteiger partial charge in [-0.1, -0.05) is 29.8 Å². The van der Waals surface area contributed by atoms with E-state index in [0.717, 1.165) is 6.21 Å². The molecule has 0 rings (SSSR count). The van der Waals surface area contributed by atoms with Crippen LogP contribution in [0.15, 0.2) is 0 Å². The van der Waals surface area contributed by atoms with Crippen LogP contribution in [0.4, 0.5) is 0 Å². The van der Waals surface area contributed by atoms with E-state index < -0.39 is 5.41 Å². The Morgan fingerprint density at radius 1 is 1.80 bits per heavy atom. The van der Waals surface area contributed by atoms with Gasteiger partial charge in [0, 0.05) is 10.7 Å². The van der Waals surface area contributed by atoms with Crippen LogP contribution in [0.1, 0.15) is 13.8 Å². The molecule has 0 saturated heterocycles. The Bertz CT molecular complexity index is 182. The third-order valence-corrected chi connectivity index (χ3v) is 2.58. The van der Waals surface area contributed by atoms with Gasteiger partial charge in [-0.05, 0) is 0 Å². The van der Waals surface area contributed by atoms with Gasteiger partial charge in [-0.15, -0.1) is 0 Å². The standard InChI is InChI=1S/C6H9BrN2O/c1-6(2,4-7)5(10)3-9-8/h3H,4H2,1-2H3. The van der Waals surface area contributed by atoms with E-state index in [1.54, 1.807) is 13.8 Å². The molecular formula is C6H9BrN2O. The van der Waals surface area contributed by atoms with Crippen molar-refractivity contribution in [3.63, 3.8) is 0 Å². The van der Waals surface area contributed by atoms with E-state index in [9.17, 15) is 4.79 Å². The number of nitrogens with zero attached hydrogens (tertiary/aromatic N) is 2. The highest BCUT2D eigenvalue weighted by Gasteiger charge is 2.27. The van der Waals surface area contributed by atoms with Crippen molar-refractivity contribution in [1.29, 1.82) is 0 Å². The molecule has 0 saturated carbocycles. The summed E-state index contributed by atoms with van der Waals surface area (Å²) >= 11 is 3.18. The maximum absolute atomic E-state index is 11.0. The van der Waals surface area contributed by atoms with E-state index in [1.165, 1.54) is 0 Å². The van der Waals surface area contributed by atoms with Crippen LogP contribution in [-0.2, 0) is 4.79 Å². The highest BCUT2D eigenvalue weighted by molar-refractivity contribution is 9.09. The molecule has 0 fully saturated rings. The Morgan fingerprint density at radius 2 is 2.30 bits per heavy atom. The van der Waals surface area contributed by atoms with Gasteiger partial charge in [0.15, 0.2) is 0 Å². The second kappa shape index (κ2) is 3.64. The summed E-state index contributed by atoms with van der Waals surface area (Å²) < 4.78 is 0. The summed E-state index contributed by atoms with van der Waals surface area (Å²) in [4.78, 5) is 13.6. The highest BCUT2D eigenvalue weighted by atomic mass is 79.9. The van der Waals surface area contributed by atoms with Crippen LogP contribution in [0.5, 0.6) is 0 Å². The van der Waals surface area contributed by atoms with Crippen molar-refractivity contribution in [2.75, 3.05) is 5.33 Å². The molecule has 0 radical (unpaired) electrons. The summed E-state index contributed by atoms with van der Waals surface area (Å²) in [7, 11) is 0. The number of halogens is 1. The van der Waals surface area contributed by atoms with Gasteiger partial charge in [0.1, 0.15) is 0 Å². The van der Waals surface area contributed by atoms with Gasteiger partial charge < -0.3 is 5.53 Å². The number of hydrogen-bond donors (Lipinski definition) is 0. The van der Waals surface area contributed by atoms with Crippen molar-refractivity contribution >= 4 is 27.9 Å². The number of rotatable bonds is 3. The first-order valence-corrected chi connectivity index (χ1v) is 3.94. The topological polar surface area (TPSA) is 53.5 Å². The highest BCUT2D eigenvalue weighted by Crippen LogP contribution is 2.17. The summed E-state index contributed by atoms with van der Waals surface area (Å²) in [6, 6.07) is 0. The van der Waals surface area contributed by atoms with Crippen LogP contribution < -0.4 is 0 Å². The fraction of sp³-hybridized carbons (Fsp3) is 0.667. The Kier molecular flexibility index (Phi) is 3.47. The van der Waals surface area contributed by atoms with Crippen molar-refractivity contribution in [1.82, 2.24) is 0 Å². The molecule has 0 atom stereocenters. The molecule has 4 heteroatoms. The lowest BCUT2D eigenvalue weighted by Gasteiger charge is -2.13. The van der Waals surface area contributed by atoms with E-state index in [0.29, 0.717) is 5.33 Å². The zero-order valence-electron chi connectivity index (χ0n) is 5.97. The normalized spacial score (nSPS) is 10.3. The second-order valence-corrected chi connectivity index (χ2v) is 3.19. The van der Waals surface area contributed by atoms with E-state index in [2.05, 4.69) is 20.7 Å². The number of ketones is 1. The van der Waals surface area contributed by atoms with Crippen LogP contribution in [0.2, 0.25) is 0 Å². The molecule has 0 aromatic heterocycles. The summed E-state index contributed by atoms with van der Waals surface area (Å²) in [6.45, 7) is 3.54. The lowest BCUT2D eigenvalue weighted by Crippen LogP contribution is -2.26. The Morgan fingerprint density at radius 3 is 2.60 bits per heavy atom. The number of carbonyl (C=O) groups is 1. The van der Waals surface area contributed by atoms with Gasteiger partial charge in [-0.2, -0.15) is 4.79 Å². The molecule has 0 bridgehead atoms.